The van der Waals surface area contributed by atoms with E-state index in [2.05, 4.69) is 11.4 Å². The van der Waals surface area contributed by atoms with E-state index in [1.165, 1.54) is 18.4 Å². The second kappa shape index (κ2) is 8.30. The largest absolute Gasteiger partial charge is 0.348 e. The fourth-order valence-corrected chi connectivity index (χ4v) is 2.97. The SMILES string of the molecule is O=C(NCC1=CCCCC1)/C(=C/c1ccccc1)c1ccccc1. The molecule has 1 N–H and O–H groups in total. The van der Waals surface area contributed by atoms with Gasteiger partial charge in [-0.2, -0.15) is 0 Å². The molecule has 1 amide bonds. The predicted molar refractivity (Wildman–Crippen MR) is 100 cm³/mol. The topological polar surface area (TPSA) is 29.1 Å². The lowest BCUT2D eigenvalue weighted by atomic mass is 9.99. The molecule has 0 aliphatic heterocycles. The van der Waals surface area contributed by atoms with Crippen molar-refractivity contribution >= 4 is 17.6 Å². The molecule has 2 aromatic rings. The highest BCUT2D eigenvalue weighted by Gasteiger charge is 2.13. The molecular formula is C22H23NO. The van der Waals surface area contributed by atoms with E-state index in [-0.39, 0.29) is 5.91 Å². The summed E-state index contributed by atoms with van der Waals surface area (Å²) in [6.07, 6.45) is 8.96. The molecule has 0 unspecified atom stereocenters. The second-order valence-electron chi connectivity index (χ2n) is 6.13. The molecule has 0 fully saturated rings. The van der Waals surface area contributed by atoms with E-state index in [4.69, 9.17) is 0 Å². The van der Waals surface area contributed by atoms with Crippen LogP contribution >= 0.6 is 0 Å². The van der Waals surface area contributed by atoms with E-state index in [1.807, 2.05) is 66.7 Å². The van der Waals surface area contributed by atoms with E-state index in [9.17, 15) is 4.79 Å². The van der Waals surface area contributed by atoms with Gasteiger partial charge >= 0.3 is 0 Å². The maximum Gasteiger partial charge on any atom is 0.252 e. The highest BCUT2D eigenvalue weighted by atomic mass is 16.1. The molecular weight excluding hydrogens is 294 g/mol. The highest BCUT2D eigenvalue weighted by molar-refractivity contribution is 6.24. The molecule has 0 aromatic heterocycles. The van der Waals surface area contributed by atoms with Crippen LogP contribution in [0.25, 0.3) is 11.6 Å². The first kappa shape index (κ1) is 16.3. The van der Waals surface area contributed by atoms with E-state index < -0.39 is 0 Å². The molecule has 0 bridgehead atoms. The molecule has 2 heteroatoms. The average molecular weight is 317 g/mol. The van der Waals surface area contributed by atoms with Crippen LogP contribution in [0.4, 0.5) is 0 Å². The molecule has 0 atom stereocenters. The van der Waals surface area contributed by atoms with E-state index in [0.29, 0.717) is 12.1 Å². The van der Waals surface area contributed by atoms with Crippen LogP contribution in [0, 0.1) is 0 Å². The maximum atomic E-state index is 12.8. The van der Waals surface area contributed by atoms with E-state index in [0.717, 1.165) is 24.0 Å². The molecule has 24 heavy (non-hydrogen) atoms. The first-order chi connectivity index (χ1) is 11.8. The molecule has 0 radical (unpaired) electrons. The van der Waals surface area contributed by atoms with Gasteiger partial charge in [0.15, 0.2) is 0 Å². The van der Waals surface area contributed by atoms with Crippen molar-refractivity contribution in [2.24, 2.45) is 0 Å². The first-order valence-corrected chi connectivity index (χ1v) is 8.61. The zero-order valence-corrected chi connectivity index (χ0v) is 13.9. The highest BCUT2D eigenvalue weighted by Crippen LogP contribution is 2.20. The Morgan fingerprint density at radius 2 is 1.67 bits per heavy atom. The van der Waals surface area contributed by atoms with Crippen molar-refractivity contribution in [1.29, 1.82) is 0 Å². The summed E-state index contributed by atoms with van der Waals surface area (Å²) in [5, 5.41) is 3.10. The molecule has 3 rings (SSSR count). The smallest absolute Gasteiger partial charge is 0.252 e. The molecule has 2 aromatic carbocycles. The van der Waals surface area contributed by atoms with E-state index in [1.54, 1.807) is 0 Å². The van der Waals surface area contributed by atoms with Crippen molar-refractivity contribution in [1.82, 2.24) is 5.32 Å². The van der Waals surface area contributed by atoms with Gasteiger partial charge in [0.25, 0.3) is 5.91 Å². The third kappa shape index (κ3) is 4.45. The van der Waals surface area contributed by atoms with Gasteiger partial charge in [0.1, 0.15) is 0 Å². The van der Waals surface area contributed by atoms with Gasteiger partial charge in [-0.3, -0.25) is 4.79 Å². The number of carbonyl (C=O) groups is 1. The van der Waals surface area contributed by atoms with Crippen LogP contribution in [0.5, 0.6) is 0 Å². The first-order valence-electron chi connectivity index (χ1n) is 8.61. The zero-order valence-electron chi connectivity index (χ0n) is 13.9. The molecule has 0 saturated carbocycles. The molecule has 2 nitrogen and oxygen atoms in total. The van der Waals surface area contributed by atoms with Crippen LogP contribution in [0.15, 0.2) is 72.3 Å². The van der Waals surface area contributed by atoms with Crippen LogP contribution < -0.4 is 5.32 Å². The molecule has 0 spiro atoms. The summed E-state index contributed by atoms with van der Waals surface area (Å²) < 4.78 is 0. The Morgan fingerprint density at radius 1 is 0.958 bits per heavy atom. The van der Waals surface area contributed by atoms with Crippen molar-refractivity contribution in [2.75, 3.05) is 6.54 Å². The van der Waals surface area contributed by atoms with Gasteiger partial charge in [-0.1, -0.05) is 72.3 Å². The summed E-state index contributed by atoms with van der Waals surface area (Å²) in [6.45, 7) is 0.651. The summed E-state index contributed by atoms with van der Waals surface area (Å²) in [6, 6.07) is 19.8. The quantitative estimate of drug-likeness (QED) is 0.477. The normalized spacial score (nSPS) is 14.8. The lowest BCUT2D eigenvalue weighted by Crippen LogP contribution is -2.27. The molecule has 0 saturated heterocycles. The lowest BCUT2D eigenvalue weighted by molar-refractivity contribution is -0.115. The summed E-state index contributed by atoms with van der Waals surface area (Å²) in [5.74, 6) is -0.0171. The fraction of sp³-hybridized carbons (Fsp3) is 0.227. The minimum absolute atomic E-state index is 0.0171. The van der Waals surface area contributed by atoms with Crippen molar-refractivity contribution in [3.05, 3.63) is 83.4 Å². The number of allylic oxidation sites excluding steroid dienone is 1. The fourth-order valence-electron chi connectivity index (χ4n) is 2.97. The molecule has 0 heterocycles. The number of nitrogens with one attached hydrogen (secondary N) is 1. The van der Waals surface area contributed by atoms with Gasteiger partial charge in [-0.15, -0.1) is 0 Å². The summed E-state index contributed by atoms with van der Waals surface area (Å²) in [4.78, 5) is 12.8. The van der Waals surface area contributed by atoms with Gasteiger partial charge in [0.05, 0.1) is 0 Å². The lowest BCUT2D eigenvalue weighted by Gasteiger charge is -2.15. The third-order valence-corrected chi connectivity index (χ3v) is 4.30. The Morgan fingerprint density at radius 3 is 2.33 bits per heavy atom. The predicted octanol–water partition coefficient (Wildman–Crippen LogP) is 4.84. The van der Waals surface area contributed by atoms with Crippen LogP contribution in [-0.2, 0) is 4.79 Å². The van der Waals surface area contributed by atoms with Crippen LogP contribution in [0.2, 0.25) is 0 Å². The van der Waals surface area contributed by atoms with Gasteiger partial charge in [0.2, 0.25) is 0 Å². The van der Waals surface area contributed by atoms with Gasteiger partial charge in [-0.25, -0.2) is 0 Å². The van der Waals surface area contributed by atoms with Crippen molar-refractivity contribution < 1.29 is 4.79 Å². The molecule has 122 valence electrons. The van der Waals surface area contributed by atoms with Crippen molar-refractivity contribution in [3.8, 4) is 0 Å². The minimum Gasteiger partial charge on any atom is -0.348 e. The monoisotopic (exact) mass is 317 g/mol. The van der Waals surface area contributed by atoms with Crippen LogP contribution in [-0.4, -0.2) is 12.5 Å². The zero-order chi connectivity index (χ0) is 16.6. The number of hydrogen-bond acceptors (Lipinski definition) is 1. The Labute approximate surface area is 143 Å². The second-order valence-corrected chi connectivity index (χ2v) is 6.13. The average Bonchev–Trinajstić information content (AvgIpc) is 2.66. The number of carbonyl (C=O) groups excluding carboxylic acids is 1. The number of hydrogen-bond donors (Lipinski definition) is 1. The number of amides is 1. The number of benzene rings is 2. The standard InChI is InChI=1S/C22H23NO/c24-22(23-17-19-12-6-2-7-13-19)21(20-14-8-3-9-15-20)16-18-10-4-1-5-11-18/h1,3-5,8-12,14-16H,2,6-7,13,17H2,(H,23,24)/b21-16+. The molecule has 1 aliphatic carbocycles. The van der Waals surface area contributed by atoms with Crippen molar-refractivity contribution in [3.63, 3.8) is 0 Å². The Bertz CT molecular complexity index is 729. The molecule has 1 aliphatic rings. The van der Waals surface area contributed by atoms with Gasteiger partial charge in [0, 0.05) is 12.1 Å². The number of rotatable bonds is 5. The van der Waals surface area contributed by atoms with Gasteiger partial charge in [-0.05, 0) is 42.9 Å². The maximum absolute atomic E-state index is 12.8. The summed E-state index contributed by atoms with van der Waals surface area (Å²) in [5.41, 5.74) is 4.03. The van der Waals surface area contributed by atoms with Crippen molar-refractivity contribution in [2.45, 2.75) is 25.7 Å². The Hall–Kier alpha value is -2.61. The summed E-state index contributed by atoms with van der Waals surface area (Å²) >= 11 is 0. The Balaban J connectivity index is 1.80. The van der Waals surface area contributed by atoms with Crippen LogP contribution in [0.3, 0.4) is 0 Å². The van der Waals surface area contributed by atoms with Gasteiger partial charge < -0.3 is 5.32 Å². The minimum atomic E-state index is -0.0171. The van der Waals surface area contributed by atoms with E-state index >= 15 is 0 Å². The van der Waals surface area contributed by atoms with Crippen LogP contribution in [0.1, 0.15) is 36.8 Å². The third-order valence-electron chi connectivity index (χ3n) is 4.30. The Kier molecular flexibility index (Phi) is 5.62. The summed E-state index contributed by atoms with van der Waals surface area (Å²) in [7, 11) is 0.